The van der Waals surface area contributed by atoms with Gasteiger partial charge in [0.2, 0.25) is 0 Å². The van der Waals surface area contributed by atoms with Gasteiger partial charge in [0.1, 0.15) is 0 Å². The van der Waals surface area contributed by atoms with Crippen LogP contribution in [0.15, 0.2) is 0 Å². The maximum Gasteiger partial charge on any atom is 2.00 e. The van der Waals surface area contributed by atoms with E-state index in [0.717, 1.165) is 0 Å². The minimum absolute atomic E-state index is 0. The molecule has 0 aliphatic rings. The molecule has 0 spiro atoms. The molecule has 0 unspecified atom stereocenters. The van der Waals surface area contributed by atoms with Crippen molar-refractivity contribution in [2.75, 3.05) is 0 Å². The van der Waals surface area contributed by atoms with E-state index in [1.54, 1.807) is 0 Å². The number of halogens is 3. The predicted octanol–water partition coefficient (Wildman–Crippen LogP) is 2.19. The molecule has 0 aromatic rings. The molecule has 0 bridgehead atoms. The summed E-state index contributed by atoms with van der Waals surface area (Å²) >= 11 is 0. The SMILES string of the molecule is CCCC(F)(F)F.[H-].[H-].[Mg+2]. The van der Waals surface area contributed by atoms with E-state index in [1.807, 2.05) is 0 Å². The molecule has 0 saturated carbocycles. The molecule has 0 fully saturated rings. The van der Waals surface area contributed by atoms with Crippen LogP contribution >= 0.6 is 0 Å². The molecule has 0 aliphatic heterocycles. The third-order valence-electron chi connectivity index (χ3n) is 0.533. The first-order chi connectivity index (χ1) is 3.06. The molecule has 0 atom stereocenters. The summed E-state index contributed by atoms with van der Waals surface area (Å²) in [6, 6.07) is 0. The fourth-order valence-corrected chi connectivity index (χ4v) is 0.283. The van der Waals surface area contributed by atoms with E-state index >= 15 is 0 Å². The fraction of sp³-hybridized carbons (Fsp3) is 1.00. The van der Waals surface area contributed by atoms with Crippen LogP contribution in [-0.4, -0.2) is 29.2 Å². The van der Waals surface area contributed by atoms with Crippen molar-refractivity contribution in [3.05, 3.63) is 0 Å². The molecule has 8 heavy (non-hydrogen) atoms. The van der Waals surface area contributed by atoms with Crippen molar-refractivity contribution in [1.29, 1.82) is 0 Å². The van der Waals surface area contributed by atoms with Crippen molar-refractivity contribution >= 4 is 23.1 Å². The van der Waals surface area contributed by atoms with Crippen LogP contribution in [0.4, 0.5) is 13.2 Å². The summed E-state index contributed by atoms with van der Waals surface area (Å²) in [6.45, 7) is 1.51. The second-order valence-electron chi connectivity index (χ2n) is 1.37. The van der Waals surface area contributed by atoms with Crippen LogP contribution in [0.1, 0.15) is 22.6 Å². The van der Waals surface area contributed by atoms with E-state index in [9.17, 15) is 13.2 Å². The van der Waals surface area contributed by atoms with Crippen LogP contribution < -0.4 is 0 Å². The van der Waals surface area contributed by atoms with Crippen LogP contribution in [-0.2, 0) is 0 Å². The normalized spacial score (nSPS) is 10.5. The van der Waals surface area contributed by atoms with Crippen LogP contribution in [0.5, 0.6) is 0 Å². The Hall–Kier alpha value is 0.556. The van der Waals surface area contributed by atoms with Gasteiger partial charge in [-0.15, -0.1) is 0 Å². The van der Waals surface area contributed by atoms with Crippen molar-refractivity contribution in [2.24, 2.45) is 0 Å². The minimum atomic E-state index is -3.95. The van der Waals surface area contributed by atoms with Gasteiger partial charge in [0.05, 0.1) is 0 Å². The predicted molar refractivity (Wildman–Crippen MR) is 28.9 cm³/mol. The van der Waals surface area contributed by atoms with E-state index in [2.05, 4.69) is 0 Å². The van der Waals surface area contributed by atoms with Gasteiger partial charge in [-0.1, -0.05) is 6.92 Å². The molecule has 0 aliphatic carbocycles. The maximum atomic E-state index is 11.1. The summed E-state index contributed by atoms with van der Waals surface area (Å²) in [5, 5.41) is 0. The molecule has 0 aromatic carbocycles. The van der Waals surface area contributed by atoms with Crippen molar-refractivity contribution in [3.8, 4) is 0 Å². The van der Waals surface area contributed by atoms with E-state index in [1.165, 1.54) is 6.92 Å². The average Bonchev–Trinajstić information content (AvgIpc) is 1.30. The quantitative estimate of drug-likeness (QED) is 0.487. The van der Waals surface area contributed by atoms with Crippen molar-refractivity contribution in [2.45, 2.75) is 25.9 Å². The van der Waals surface area contributed by atoms with Gasteiger partial charge in [-0.25, -0.2) is 0 Å². The maximum absolute atomic E-state index is 11.1. The van der Waals surface area contributed by atoms with Crippen molar-refractivity contribution in [3.63, 3.8) is 0 Å². The van der Waals surface area contributed by atoms with Gasteiger partial charge >= 0.3 is 29.2 Å². The molecule has 0 amide bonds. The summed E-state index contributed by atoms with van der Waals surface area (Å²) in [4.78, 5) is 0. The van der Waals surface area contributed by atoms with Crippen LogP contribution in [0, 0.1) is 0 Å². The van der Waals surface area contributed by atoms with Crippen LogP contribution in [0.3, 0.4) is 0 Å². The zero-order valence-electron chi connectivity index (χ0n) is 6.76. The van der Waals surface area contributed by atoms with Gasteiger partial charge in [-0.3, -0.25) is 0 Å². The first-order valence-electron chi connectivity index (χ1n) is 2.13. The third kappa shape index (κ3) is 9.75. The first-order valence-corrected chi connectivity index (χ1v) is 2.13. The van der Waals surface area contributed by atoms with Crippen LogP contribution in [0.25, 0.3) is 0 Å². The average molecular weight is 138 g/mol. The molecule has 0 rings (SSSR count). The smallest absolute Gasteiger partial charge is 1.00 e. The monoisotopic (exact) mass is 138 g/mol. The molecular formula is C4H9F3Mg. The summed E-state index contributed by atoms with van der Waals surface area (Å²) in [5.41, 5.74) is 0. The summed E-state index contributed by atoms with van der Waals surface area (Å²) in [6.07, 6.45) is -4.43. The van der Waals surface area contributed by atoms with Gasteiger partial charge in [-0.2, -0.15) is 13.2 Å². The van der Waals surface area contributed by atoms with Gasteiger partial charge in [0, 0.05) is 6.42 Å². The largest absolute Gasteiger partial charge is 2.00 e. The molecule has 0 aromatic heterocycles. The number of rotatable bonds is 1. The molecule has 0 heterocycles. The molecule has 0 radical (unpaired) electrons. The summed E-state index contributed by atoms with van der Waals surface area (Å²) in [5.74, 6) is 0. The minimum Gasteiger partial charge on any atom is -1.00 e. The Labute approximate surface area is 65.6 Å². The standard InChI is InChI=1S/C4H7F3.Mg.2H/c1-2-3-4(5,6)7;;;/h2-3H2,1H3;;;/q;+2;2*-1. The molecular weight excluding hydrogens is 129 g/mol. The fourth-order valence-electron chi connectivity index (χ4n) is 0.283. The Morgan fingerprint density at radius 3 is 1.75 bits per heavy atom. The van der Waals surface area contributed by atoms with E-state index < -0.39 is 12.6 Å². The van der Waals surface area contributed by atoms with Crippen LogP contribution in [0.2, 0.25) is 0 Å². The summed E-state index contributed by atoms with van der Waals surface area (Å²) < 4.78 is 33.2. The van der Waals surface area contributed by atoms with E-state index in [0.29, 0.717) is 0 Å². The number of hydrogen-bond acceptors (Lipinski definition) is 0. The van der Waals surface area contributed by atoms with Gasteiger partial charge in [-0.05, 0) is 6.42 Å². The van der Waals surface area contributed by atoms with Crippen molar-refractivity contribution < 1.29 is 16.0 Å². The Kier molecular flexibility index (Phi) is 6.30. The van der Waals surface area contributed by atoms with E-state index in [4.69, 9.17) is 0 Å². The Morgan fingerprint density at radius 1 is 1.38 bits per heavy atom. The molecule has 48 valence electrons. The Balaban J connectivity index is -0.0000000600. The third-order valence-corrected chi connectivity index (χ3v) is 0.533. The van der Waals surface area contributed by atoms with E-state index in [-0.39, 0.29) is 32.3 Å². The second-order valence-corrected chi connectivity index (χ2v) is 1.37. The topological polar surface area (TPSA) is 0 Å². The van der Waals surface area contributed by atoms with Crippen molar-refractivity contribution in [1.82, 2.24) is 0 Å². The Bertz CT molecular complexity index is 57.0. The zero-order chi connectivity index (χ0) is 5.91. The van der Waals surface area contributed by atoms with Gasteiger partial charge < -0.3 is 2.85 Å². The first kappa shape index (κ1) is 11.4. The molecule has 4 heteroatoms. The summed E-state index contributed by atoms with van der Waals surface area (Å²) in [7, 11) is 0. The Morgan fingerprint density at radius 2 is 1.75 bits per heavy atom. The van der Waals surface area contributed by atoms with Gasteiger partial charge in [0.25, 0.3) is 0 Å². The molecule has 0 nitrogen and oxygen atoms in total. The molecule has 0 saturated heterocycles. The number of hydrogen-bond donors (Lipinski definition) is 0. The molecule has 0 N–H and O–H groups in total. The number of alkyl halides is 3. The zero-order valence-corrected chi connectivity index (χ0v) is 6.17. The second kappa shape index (κ2) is 4.44. The van der Waals surface area contributed by atoms with Gasteiger partial charge in [0.15, 0.2) is 0 Å².